The first-order chi connectivity index (χ1) is 10.8. The Labute approximate surface area is 138 Å². The summed E-state index contributed by atoms with van der Waals surface area (Å²) in [4.78, 5) is 13.2. The van der Waals surface area contributed by atoms with Crippen molar-refractivity contribution in [2.45, 2.75) is 31.2 Å². The number of rotatable bonds is 6. The Hall–Kier alpha value is -1.44. The standard InChI is InChI=1S/C16H25N3O3S/c1-12-10-19(3)11-16(12)18-23(21,22)15-6-4-14(5-7-15)8-9-17-13(2)20/h4-7,12,16,18H,8-11H2,1-3H3,(H,17,20)/t12-,16+/m1/s1. The summed E-state index contributed by atoms with van der Waals surface area (Å²) in [6, 6.07) is 6.77. The van der Waals surface area contributed by atoms with Crippen molar-refractivity contribution >= 4 is 15.9 Å². The van der Waals surface area contributed by atoms with E-state index >= 15 is 0 Å². The van der Waals surface area contributed by atoms with Gasteiger partial charge in [-0.15, -0.1) is 0 Å². The average Bonchev–Trinajstić information content (AvgIpc) is 2.76. The van der Waals surface area contributed by atoms with Crippen molar-refractivity contribution in [3.63, 3.8) is 0 Å². The highest BCUT2D eigenvalue weighted by Crippen LogP contribution is 2.18. The predicted molar refractivity (Wildman–Crippen MR) is 89.6 cm³/mol. The predicted octanol–water partition coefficient (Wildman–Crippen LogP) is 0.594. The fourth-order valence-electron chi connectivity index (χ4n) is 2.85. The summed E-state index contributed by atoms with van der Waals surface area (Å²) in [5.41, 5.74) is 0.992. The van der Waals surface area contributed by atoms with Crippen molar-refractivity contribution < 1.29 is 13.2 Å². The number of carbonyl (C=O) groups is 1. The van der Waals surface area contributed by atoms with Gasteiger partial charge in [0.1, 0.15) is 0 Å². The molecule has 128 valence electrons. The number of benzene rings is 1. The largest absolute Gasteiger partial charge is 0.356 e. The zero-order chi connectivity index (χ0) is 17.0. The van der Waals surface area contributed by atoms with Gasteiger partial charge in [-0.1, -0.05) is 19.1 Å². The summed E-state index contributed by atoms with van der Waals surface area (Å²) in [5.74, 6) is 0.232. The van der Waals surface area contributed by atoms with E-state index in [2.05, 4.69) is 21.9 Å². The fraction of sp³-hybridized carbons (Fsp3) is 0.562. The zero-order valence-electron chi connectivity index (χ0n) is 13.9. The lowest BCUT2D eigenvalue weighted by molar-refractivity contribution is -0.118. The molecule has 0 aliphatic carbocycles. The minimum absolute atomic E-state index is 0.0514. The van der Waals surface area contributed by atoms with Crippen LogP contribution in [0.5, 0.6) is 0 Å². The number of carbonyl (C=O) groups excluding carboxylic acids is 1. The molecule has 0 unspecified atom stereocenters. The second-order valence-electron chi connectivity index (χ2n) is 6.30. The quantitative estimate of drug-likeness (QED) is 0.795. The van der Waals surface area contributed by atoms with E-state index in [0.717, 1.165) is 18.7 Å². The molecule has 2 atom stereocenters. The van der Waals surface area contributed by atoms with E-state index in [0.29, 0.717) is 18.9 Å². The Bertz CT molecular complexity index is 643. The molecule has 1 aliphatic heterocycles. The second kappa shape index (κ2) is 7.42. The molecular formula is C16H25N3O3S. The monoisotopic (exact) mass is 339 g/mol. The number of hydrogen-bond acceptors (Lipinski definition) is 4. The van der Waals surface area contributed by atoms with Crippen LogP contribution in [-0.2, 0) is 21.2 Å². The van der Waals surface area contributed by atoms with Gasteiger partial charge in [-0.25, -0.2) is 13.1 Å². The van der Waals surface area contributed by atoms with Crippen LogP contribution in [0.2, 0.25) is 0 Å². The third-order valence-corrected chi connectivity index (χ3v) is 5.63. The maximum atomic E-state index is 12.5. The number of nitrogens with one attached hydrogen (secondary N) is 2. The molecule has 0 spiro atoms. The molecule has 7 heteroatoms. The molecule has 2 rings (SSSR count). The topological polar surface area (TPSA) is 78.5 Å². The number of likely N-dealkylation sites (N-methyl/N-ethyl adjacent to an activating group) is 1. The molecule has 23 heavy (non-hydrogen) atoms. The first-order valence-electron chi connectivity index (χ1n) is 7.82. The maximum Gasteiger partial charge on any atom is 0.240 e. The minimum atomic E-state index is -3.50. The molecule has 0 bridgehead atoms. The van der Waals surface area contributed by atoms with Crippen LogP contribution in [0.25, 0.3) is 0 Å². The summed E-state index contributed by atoms with van der Waals surface area (Å²) in [6.07, 6.45) is 0.678. The smallest absolute Gasteiger partial charge is 0.240 e. The summed E-state index contributed by atoms with van der Waals surface area (Å²) in [5, 5.41) is 2.72. The van der Waals surface area contributed by atoms with Gasteiger partial charge in [0.05, 0.1) is 4.90 Å². The highest BCUT2D eigenvalue weighted by molar-refractivity contribution is 7.89. The Morgan fingerprint density at radius 1 is 1.26 bits per heavy atom. The van der Waals surface area contributed by atoms with Crippen LogP contribution in [0.4, 0.5) is 0 Å². The third-order valence-electron chi connectivity index (χ3n) is 4.12. The number of nitrogens with zero attached hydrogens (tertiary/aromatic N) is 1. The molecule has 2 N–H and O–H groups in total. The lowest BCUT2D eigenvalue weighted by atomic mass is 10.1. The van der Waals surface area contributed by atoms with Crippen LogP contribution in [0, 0.1) is 5.92 Å². The van der Waals surface area contributed by atoms with Crippen molar-refractivity contribution in [3.05, 3.63) is 29.8 Å². The molecule has 1 aromatic carbocycles. The van der Waals surface area contributed by atoms with Gasteiger partial charge in [0.15, 0.2) is 0 Å². The van der Waals surface area contributed by atoms with Crippen LogP contribution < -0.4 is 10.0 Å². The van der Waals surface area contributed by atoms with Crippen LogP contribution in [0.3, 0.4) is 0 Å². The maximum absolute atomic E-state index is 12.5. The number of hydrogen-bond donors (Lipinski definition) is 2. The second-order valence-corrected chi connectivity index (χ2v) is 8.02. The summed E-state index contributed by atoms with van der Waals surface area (Å²) < 4.78 is 27.7. The summed E-state index contributed by atoms with van der Waals surface area (Å²) in [6.45, 7) is 5.71. The lowest BCUT2D eigenvalue weighted by Gasteiger charge is -2.16. The Morgan fingerprint density at radius 3 is 2.43 bits per heavy atom. The van der Waals surface area contributed by atoms with E-state index in [4.69, 9.17) is 0 Å². The van der Waals surface area contributed by atoms with Crippen LogP contribution in [0.1, 0.15) is 19.4 Å². The van der Waals surface area contributed by atoms with Gasteiger partial charge >= 0.3 is 0 Å². The molecule has 1 aliphatic rings. The average molecular weight is 339 g/mol. The SMILES string of the molecule is CC(=O)NCCc1ccc(S(=O)(=O)N[C@H]2CN(C)C[C@H]2C)cc1. The van der Waals surface area contributed by atoms with Crippen LogP contribution in [-0.4, -0.2) is 51.9 Å². The van der Waals surface area contributed by atoms with Crippen molar-refractivity contribution in [2.24, 2.45) is 5.92 Å². The summed E-state index contributed by atoms with van der Waals surface area (Å²) in [7, 11) is -1.50. The van der Waals surface area contributed by atoms with Crippen LogP contribution in [0.15, 0.2) is 29.2 Å². The van der Waals surface area contributed by atoms with E-state index in [1.807, 2.05) is 7.05 Å². The number of likely N-dealkylation sites (tertiary alicyclic amines) is 1. The lowest BCUT2D eigenvalue weighted by Crippen LogP contribution is -2.39. The van der Waals surface area contributed by atoms with Gasteiger partial charge < -0.3 is 10.2 Å². The van der Waals surface area contributed by atoms with Gasteiger partial charge in [-0.3, -0.25) is 4.79 Å². The molecule has 0 saturated carbocycles. The Balaban J connectivity index is 1.98. The number of sulfonamides is 1. The summed E-state index contributed by atoms with van der Waals surface area (Å²) >= 11 is 0. The number of amides is 1. The van der Waals surface area contributed by atoms with Crippen molar-refractivity contribution in [1.82, 2.24) is 14.9 Å². The fourth-order valence-corrected chi connectivity index (χ4v) is 4.18. The van der Waals surface area contributed by atoms with E-state index in [1.165, 1.54) is 6.92 Å². The highest BCUT2D eigenvalue weighted by atomic mass is 32.2. The first-order valence-corrected chi connectivity index (χ1v) is 9.30. The molecule has 1 amide bonds. The highest BCUT2D eigenvalue weighted by Gasteiger charge is 2.31. The normalized spacial score (nSPS) is 22.2. The van der Waals surface area contributed by atoms with E-state index < -0.39 is 10.0 Å². The van der Waals surface area contributed by atoms with Crippen molar-refractivity contribution in [1.29, 1.82) is 0 Å². The third kappa shape index (κ3) is 5.02. The van der Waals surface area contributed by atoms with Gasteiger partial charge in [-0.05, 0) is 37.1 Å². The molecule has 0 radical (unpaired) electrons. The molecular weight excluding hydrogens is 314 g/mol. The van der Waals surface area contributed by atoms with Gasteiger partial charge in [0.25, 0.3) is 0 Å². The Kier molecular flexibility index (Phi) is 5.78. The minimum Gasteiger partial charge on any atom is -0.356 e. The van der Waals surface area contributed by atoms with Gasteiger partial charge in [-0.2, -0.15) is 0 Å². The molecule has 6 nitrogen and oxygen atoms in total. The van der Waals surface area contributed by atoms with Gasteiger partial charge in [0.2, 0.25) is 15.9 Å². The first kappa shape index (κ1) is 17.9. The molecule has 1 heterocycles. The molecule has 0 aromatic heterocycles. The van der Waals surface area contributed by atoms with E-state index in [9.17, 15) is 13.2 Å². The van der Waals surface area contributed by atoms with Gasteiger partial charge in [0, 0.05) is 32.6 Å². The van der Waals surface area contributed by atoms with Crippen LogP contribution >= 0.6 is 0 Å². The molecule has 1 aromatic rings. The molecule has 1 saturated heterocycles. The molecule has 1 fully saturated rings. The Morgan fingerprint density at radius 2 is 1.91 bits per heavy atom. The van der Waals surface area contributed by atoms with E-state index in [1.54, 1.807) is 24.3 Å². The zero-order valence-corrected chi connectivity index (χ0v) is 14.7. The van der Waals surface area contributed by atoms with Crippen molar-refractivity contribution in [2.75, 3.05) is 26.7 Å². The van der Waals surface area contributed by atoms with E-state index in [-0.39, 0.29) is 16.8 Å². The van der Waals surface area contributed by atoms with Crippen molar-refractivity contribution in [3.8, 4) is 0 Å².